The average molecular weight is 230 g/mol. The molecule has 16 heavy (non-hydrogen) atoms. The summed E-state index contributed by atoms with van der Waals surface area (Å²) in [5.74, 6) is -2.82. The van der Waals surface area contributed by atoms with Crippen LogP contribution in [0.25, 0.3) is 0 Å². The van der Waals surface area contributed by atoms with E-state index in [4.69, 9.17) is 9.47 Å². The maximum Gasteiger partial charge on any atom is 0.312 e. The fourth-order valence-corrected chi connectivity index (χ4v) is 2.62. The highest BCUT2D eigenvalue weighted by atomic mass is 16.7. The van der Waals surface area contributed by atoms with E-state index in [1.165, 1.54) is 14.2 Å². The second kappa shape index (κ2) is 4.03. The second-order valence-corrected chi connectivity index (χ2v) is 4.08. The van der Waals surface area contributed by atoms with Crippen molar-refractivity contribution in [3.63, 3.8) is 0 Å². The van der Waals surface area contributed by atoms with Gasteiger partial charge in [-0.25, -0.2) is 0 Å². The Balaban J connectivity index is 2.24. The van der Waals surface area contributed by atoms with Crippen LogP contribution < -0.4 is 0 Å². The molecule has 0 aromatic heterocycles. The number of hydrogen-bond acceptors (Lipinski definition) is 6. The Hall–Kier alpha value is -1.14. The second-order valence-electron chi connectivity index (χ2n) is 4.08. The molecule has 6 heteroatoms. The van der Waals surface area contributed by atoms with E-state index in [9.17, 15) is 14.7 Å². The molecule has 1 saturated carbocycles. The van der Waals surface area contributed by atoms with Gasteiger partial charge in [0, 0.05) is 13.0 Å². The van der Waals surface area contributed by atoms with Crippen LogP contribution in [0.5, 0.6) is 0 Å². The van der Waals surface area contributed by atoms with Gasteiger partial charge in [0.05, 0.1) is 25.0 Å². The lowest BCUT2D eigenvalue weighted by Gasteiger charge is -2.15. The van der Waals surface area contributed by atoms with Crippen LogP contribution in [0, 0.1) is 17.8 Å². The molecule has 0 spiro atoms. The highest BCUT2D eigenvalue weighted by molar-refractivity contribution is 5.85. The molecule has 0 unspecified atom stereocenters. The standard InChI is InChI=1S/C10H14O6/c1-14-8(12)7-5(11)3-4-6(7)9(13)16-10(4)15-2/h4-7,10-11H,3H2,1-2H3/t4-,5+,6-,7+,10-/m0/s1. The van der Waals surface area contributed by atoms with Crippen molar-refractivity contribution in [2.75, 3.05) is 14.2 Å². The van der Waals surface area contributed by atoms with E-state index in [0.29, 0.717) is 6.42 Å². The van der Waals surface area contributed by atoms with Crippen LogP contribution in [0.15, 0.2) is 0 Å². The first-order valence-corrected chi connectivity index (χ1v) is 5.09. The molecule has 0 radical (unpaired) electrons. The van der Waals surface area contributed by atoms with Gasteiger partial charge in [-0.15, -0.1) is 0 Å². The van der Waals surface area contributed by atoms with E-state index in [0.717, 1.165) is 0 Å². The summed E-state index contributed by atoms with van der Waals surface area (Å²) in [6, 6.07) is 0. The van der Waals surface area contributed by atoms with Crippen molar-refractivity contribution >= 4 is 11.9 Å². The number of aliphatic hydroxyl groups excluding tert-OH is 1. The number of carbonyl (C=O) groups is 2. The number of carbonyl (C=O) groups excluding carboxylic acids is 2. The van der Waals surface area contributed by atoms with Gasteiger partial charge in [0.25, 0.3) is 0 Å². The fourth-order valence-electron chi connectivity index (χ4n) is 2.62. The molecule has 0 amide bonds. The molecule has 2 fully saturated rings. The molecule has 1 aliphatic heterocycles. The molecule has 2 rings (SSSR count). The van der Waals surface area contributed by atoms with Gasteiger partial charge in [0.15, 0.2) is 0 Å². The number of methoxy groups -OCH3 is 2. The lowest BCUT2D eigenvalue weighted by molar-refractivity contribution is -0.168. The van der Waals surface area contributed by atoms with Crippen LogP contribution >= 0.6 is 0 Å². The normalized spacial score (nSPS) is 41.7. The molecular weight excluding hydrogens is 216 g/mol. The zero-order chi connectivity index (χ0) is 11.9. The van der Waals surface area contributed by atoms with Gasteiger partial charge in [0.2, 0.25) is 6.29 Å². The Morgan fingerprint density at radius 3 is 2.75 bits per heavy atom. The van der Waals surface area contributed by atoms with E-state index >= 15 is 0 Å². The van der Waals surface area contributed by atoms with E-state index in [-0.39, 0.29) is 5.92 Å². The maximum absolute atomic E-state index is 11.6. The zero-order valence-corrected chi connectivity index (χ0v) is 9.08. The summed E-state index contributed by atoms with van der Waals surface area (Å²) in [7, 11) is 2.66. The third-order valence-corrected chi connectivity index (χ3v) is 3.34. The summed E-state index contributed by atoms with van der Waals surface area (Å²) in [5, 5.41) is 9.76. The molecule has 1 aliphatic carbocycles. The molecule has 0 aromatic rings. The van der Waals surface area contributed by atoms with Crippen molar-refractivity contribution < 1.29 is 28.9 Å². The molecule has 0 bridgehead atoms. The molecule has 1 N–H and O–H groups in total. The average Bonchev–Trinajstić information content (AvgIpc) is 2.75. The zero-order valence-electron chi connectivity index (χ0n) is 9.08. The Kier molecular flexibility index (Phi) is 2.86. The quantitative estimate of drug-likeness (QED) is 0.632. The number of esters is 2. The predicted octanol–water partition coefficient (Wildman–Crippen LogP) is -0.698. The smallest absolute Gasteiger partial charge is 0.312 e. The Bertz CT molecular complexity index is 314. The highest BCUT2D eigenvalue weighted by Gasteiger charge is 2.59. The molecule has 2 aliphatic rings. The predicted molar refractivity (Wildman–Crippen MR) is 50.0 cm³/mol. The summed E-state index contributed by atoms with van der Waals surface area (Å²) in [6.45, 7) is 0. The van der Waals surface area contributed by atoms with Crippen LogP contribution in [0.2, 0.25) is 0 Å². The lowest BCUT2D eigenvalue weighted by Crippen LogP contribution is -2.32. The number of aliphatic hydroxyl groups is 1. The number of hydrogen-bond donors (Lipinski definition) is 1. The maximum atomic E-state index is 11.6. The topological polar surface area (TPSA) is 82.1 Å². The van der Waals surface area contributed by atoms with Crippen LogP contribution in [0.4, 0.5) is 0 Å². The number of rotatable bonds is 2. The summed E-state index contributed by atoms with van der Waals surface area (Å²) in [5.41, 5.74) is 0. The Labute approximate surface area is 92.5 Å². The molecular formula is C10H14O6. The Morgan fingerprint density at radius 2 is 2.19 bits per heavy atom. The van der Waals surface area contributed by atoms with E-state index < -0.39 is 36.2 Å². The first-order valence-electron chi connectivity index (χ1n) is 5.09. The minimum Gasteiger partial charge on any atom is -0.469 e. The molecule has 5 atom stereocenters. The summed E-state index contributed by atoms with van der Waals surface area (Å²) >= 11 is 0. The Morgan fingerprint density at radius 1 is 1.50 bits per heavy atom. The third kappa shape index (κ3) is 1.49. The van der Waals surface area contributed by atoms with Gasteiger partial charge in [-0.05, 0) is 6.42 Å². The van der Waals surface area contributed by atoms with Gasteiger partial charge >= 0.3 is 11.9 Å². The molecule has 90 valence electrons. The van der Waals surface area contributed by atoms with Crippen LogP contribution in [0.1, 0.15) is 6.42 Å². The van der Waals surface area contributed by atoms with Gasteiger partial charge < -0.3 is 19.3 Å². The van der Waals surface area contributed by atoms with Crippen LogP contribution in [0.3, 0.4) is 0 Å². The van der Waals surface area contributed by atoms with E-state index in [2.05, 4.69) is 4.74 Å². The highest BCUT2D eigenvalue weighted by Crippen LogP contribution is 2.46. The number of ether oxygens (including phenoxy) is 3. The summed E-state index contributed by atoms with van der Waals surface area (Å²) in [4.78, 5) is 23.1. The SMILES string of the molecule is COC(=O)[C@H]1[C@H]2C(=O)O[C@H](OC)[C@H]2C[C@H]1O. The fraction of sp³-hybridized carbons (Fsp3) is 0.800. The van der Waals surface area contributed by atoms with Gasteiger partial charge in [-0.3, -0.25) is 9.59 Å². The first-order chi connectivity index (χ1) is 7.60. The number of fused-ring (bicyclic) bond motifs is 1. The molecule has 1 saturated heterocycles. The summed E-state index contributed by atoms with van der Waals surface area (Å²) in [6.07, 6.45) is -1.22. The lowest BCUT2D eigenvalue weighted by atomic mass is 9.91. The largest absolute Gasteiger partial charge is 0.469 e. The van der Waals surface area contributed by atoms with E-state index in [1.54, 1.807) is 0 Å². The molecule has 0 aromatic carbocycles. The minimum atomic E-state index is -0.868. The van der Waals surface area contributed by atoms with Crippen molar-refractivity contribution in [1.82, 2.24) is 0 Å². The van der Waals surface area contributed by atoms with Crippen molar-refractivity contribution in [3.8, 4) is 0 Å². The minimum absolute atomic E-state index is 0.267. The third-order valence-electron chi connectivity index (χ3n) is 3.34. The van der Waals surface area contributed by atoms with E-state index in [1.807, 2.05) is 0 Å². The summed E-state index contributed by atoms with van der Waals surface area (Å²) < 4.78 is 14.6. The van der Waals surface area contributed by atoms with Crippen LogP contribution in [-0.2, 0) is 23.8 Å². The first kappa shape index (κ1) is 11.3. The van der Waals surface area contributed by atoms with Crippen molar-refractivity contribution in [1.29, 1.82) is 0 Å². The molecule has 6 nitrogen and oxygen atoms in total. The van der Waals surface area contributed by atoms with Crippen molar-refractivity contribution in [2.24, 2.45) is 17.8 Å². The van der Waals surface area contributed by atoms with Gasteiger partial charge in [-0.2, -0.15) is 0 Å². The monoisotopic (exact) mass is 230 g/mol. The van der Waals surface area contributed by atoms with Crippen molar-refractivity contribution in [3.05, 3.63) is 0 Å². The van der Waals surface area contributed by atoms with Crippen LogP contribution in [-0.4, -0.2) is 43.7 Å². The van der Waals surface area contributed by atoms with Gasteiger partial charge in [0.1, 0.15) is 0 Å². The van der Waals surface area contributed by atoms with Crippen molar-refractivity contribution in [2.45, 2.75) is 18.8 Å². The number of cyclic esters (lactones) is 1. The molecule has 1 heterocycles. The van der Waals surface area contributed by atoms with Gasteiger partial charge in [-0.1, -0.05) is 0 Å².